The standard InChI is InChI=1S/C7H6BClO3/c9-6-2-1-5-4(7(6)10)3-12-8(5)11/h1-2,10-11H,3H2. The predicted molar refractivity (Wildman–Crippen MR) is 45.5 cm³/mol. The van der Waals surface area contributed by atoms with E-state index in [1.807, 2.05) is 0 Å². The van der Waals surface area contributed by atoms with Crippen molar-refractivity contribution in [1.29, 1.82) is 0 Å². The number of benzene rings is 1. The van der Waals surface area contributed by atoms with E-state index in [1.165, 1.54) is 6.07 Å². The molecule has 0 spiro atoms. The van der Waals surface area contributed by atoms with E-state index in [0.29, 0.717) is 11.0 Å². The fraction of sp³-hybridized carbons (Fsp3) is 0.143. The van der Waals surface area contributed by atoms with Crippen molar-refractivity contribution < 1.29 is 14.8 Å². The van der Waals surface area contributed by atoms with Crippen molar-refractivity contribution >= 4 is 24.2 Å². The number of rotatable bonds is 0. The third kappa shape index (κ3) is 1.000. The second kappa shape index (κ2) is 2.66. The smallest absolute Gasteiger partial charge is 0.491 e. The van der Waals surface area contributed by atoms with Crippen LogP contribution in [0.4, 0.5) is 0 Å². The van der Waals surface area contributed by atoms with Gasteiger partial charge in [0.1, 0.15) is 5.75 Å². The minimum Gasteiger partial charge on any atom is -0.506 e. The van der Waals surface area contributed by atoms with E-state index in [9.17, 15) is 10.1 Å². The third-order valence-electron chi connectivity index (χ3n) is 1.92. The average Bonchev–Trinajstić information content (AvgIpc) is 2.41. The number of fused-ring (bicyclic) bond motifs is 1. The minimum atomic E-state index is -0.928. The summed E-state index contributed by atoms with van der Waals surface area (Å²) in [5.41, 5.74) is 1.17. The summed E-state index contributed by atoms with van der Waals surface area (Å²) in [6.07, 6.45) is 0. The first-order chi connectivity index (χ1) is 5.70. The van der Waals surface area contributed by atoms with E-state index in [2.05, 4.69) is 0 Å². The highest BCUT2D eigenvalue weighted by Crippen LogP contribution is 2.28. The zero-order valence-corrected chi connectivity index (χ0v) is 6.88. The van der Waals surface area contributed by atoms with Gasteiger partial charge in [0.2, 0.25) is 0 Å². The largest absolute Gasteiger partial charge is 0.506 e. The lowest BCUT2D eigenvalue weighted by molar-refractivity contribution is 0.272. The molecule has 2 rings (SSSR count). The van der Waals surface area contributed by atoms with Crippen molar-refractivity contribution in [2.24, 2.45) is 0 Å². The highest BCUT2D eigenvalue weighted by atomic mass is 35.5. The first kappa shape index (κ1) is 7.92. The Kier molecular flexibility index (Phi) is 1.75. The molecule has 0 unspecified atom stereocenters. The lowest BCUT2D eigenvalue weighted by atomic mass is 9.79. The van der Waals surface area contributed by atoms with Crippen LogP contribution in [0.2, 0.25) is 5.02 Å². The molecule has 62 valence electrons. The van der Waals surface area contributed by atoms with Gasteiger partial charge in [-0.3, -0.25) is 0 Å². The maximum atomic E-state index is 9.41. The van der Waals surface area contributed by atoms with Crippen molar-refractivity contribution in [3.8, 4) is 5.75 Å². The molecule has 0 fully saturated rings. The monoisotopic (exact) mass is 184 g/mol. The summed E-state index contributed by atoms with van der Waals surface area (Å²) in [6.45, 7) is 0.211. The van der Waals surface area contributed by atoms with Crippen LogP contribution >= 0.6 is 11.6 Å². The van der Waals surface area contributed by atoms with E-state index >= 15 is 0 Å². The van der Waals surface area contributed by atoms with Gasteiger partial charge in [0.05, 0.1) is 11.6 Å². The number of phenols is 1. The van der Waals surface area contributed by atoms with Crippen LogP contribution < -0.4 is 5.46 Å². The molecule has 12 heavy (non-hydrogen) atoms. The van der Waals surface area contributed by atoms with Gasteiger partial charge in [-0.25, -0.2) is 0 Å². The van der Waals surface area contributed by atoms with Crippen molar-refractivity contribution in [2.75, 3.05) is 0 Å². The van der Waals surface area contributed by atoms with E-state index in [-0.39, 0.29) is 17.4 Å². The van der Waals surface area contributed by atoms with Crippen LogP contribution in [0.3, 0.4) is 0 Å². The van der Waals surface area contributed by atoms with Gasteiger partial charge < -0.3 is 14.8 Å². The van der Waals surface area contributed by atoms with Crippen LogP contribution in [0.5, 0.6) is 5.75 Å². The Morgan fingerprint density at radius 2 is 2.25 bits per heavy atom. The molecule has 3 nitrogen and oxygen atoms in total. The van der Waals surface area contributed by atoms with Gasteiger partial charge >= 0.3 is 7.12 Å². The fourth-order valence-electron chi connectivity index (χ4n) is 1.26. The van der Waals surface area contributed by atoms with Gasteiger partial charge in [-0.2, -0.15) is 0 Å². The summed E-state index contributed by atoms with van der Waals surface area (Å²) in [7, 11) is -0.928. The van der Waals surface area contributed by atoms with Gasteiger partial charge in [0.15, 0.2) is 0 Å². The van der Waals surface area contributed by atoms with Crippen LogP contribution in [-0.2, 0) is 11.3 Å². The summed E-state index contributed by atoms with van der Waals surface area (Å²) in [5, 5.41) is 18.9. The summed E-state index contributed by atoms with van der Waals surface area (Å²) in [5.74, 6) is 0.00529. The van der Waals surface area contributed by atoms with Crippen LogP contribution in [0.1, 0.15) is 5.56 Å². The van der Waals surface area contributed by atoms with Crippen LogP contribution in [0, 0.1) is 0 Å². The molecule has 0 aromatic heterocycles. The number of hydrogen-bond acceptors (Lipinski definition) is 3. The number of phenolic OH excluding ortho intramolecular Hbond substituents is 1. The third-order valence-corrected chi connectivity index (χ3v) is 2.23. The molecule has 1 aromatic rings. The molecule has 0 aliphatic carbocycles. The van der Waals surface area contributed by atoms with Crippen LogP contribution in [-0.4, -0.2) is 17.2 Å². The Hall–Kier alpha value is -0.705. The van der Waals surface area contributed by atoms with E-state index in [0.717, 1.165) is 0 Å². The van der Waals surface area contributed by atoms with Gasteiger partial charge in [-0.05, 0) is 11.5 Å². The average molecular weight is 184 g/mol. The molecule has 0 saturated heterocycles. The summed E-state index contributed by atoms with van der Waals surface area (Å²) in [4.78, 5) is 0. The summed E-state index contributed by atoms with van der Waals surface area (Å²) >= 11 is 5.65. The normalized spacial score (nSPS) is 15.0. The molecule has 1 aliphatic rings. The summed E-state index contributed by atoms with van der Waals surface area (Å²) in [6, 6.07) is 3.18. The Labute approximate surface area is 74.7 Å². The number of halogens is 1. The van der Waals surface area contributed by atoms with Crippen molar-refractivity contribution in [3.63, 3.8) is 0 Å². The van der Waals surface area contributed by atoms with E-state index < -0.39 is 7.12 Å². The van der Waals surface area contributed by atoms with Gasteiger partial charge in [0.25, 0.3) is 0 Å². The molecular formula is C7H6BClO3. The van der Waals surface area contributed by atoms with Crippen molar-refractivity contribution in [3.05, 3.63) is 22.7 Å². The fourth-order valence-corrected chi connectivity index (χ4v) is 1.44. The first-order valence-electron chi connectivity index (χ1n) is 3.50. The Morgan fingerprint density at radius 3 is 3.00 bits per heavy atom. The van der Waals surface area contributed by atoms with Crippen molar-refractivity contribution in [2.45, 2.75) is 6.61 Å². The zero-order chi connectivity index (χ0) is 8.72. The first-order valence-corrected chi connectivity index (χ1v) is 3.88. The lowest BCUT2D eigenvalue weighted by Gasteiger charge is -2.01. The van der Waals surface area contributed by atoms with Crippen LogP contribution in [0.15, 0.2) is 12.1 Å². The molecule has 1 aliphatic heterocycles. The Balaban J connectivity index is 2.60. The lowest BCUT2D eigenvalue weighted by Crippen LogP contribution is -2.27. The molecule has 0 bridgehead atoms. The van der Waals surface area contributed by atoms with Crippen LogP contribution in [0.25, 0.3) is 0 Å². The maximum Gasteiger partial charge on any atom is 0.491 e. The molecule has 0 amide bonds. The molecule has 5 heteroatoms. The van der Waals surface area contributed by atoms with E-state index in [4.69, 9.17) is 16.3 Å². The number of aromatic hydroxyl groups is 1. The molecule has 0 atom stereocenters. The minimum absolute atomic E-state index is 0.00529. The van der Waals surface area contributed by atoms with Crippen molar-refractivity contribution in [1.82, 2.24) is 0 Å². The quantitative estimate of drug-likeness (QED) is 0.569. The SMILES string of the molecule is OB1OCc2c1ccc(Cl)c2O. The molecule has 0 saturated carbocycles. The second-order valence-electron chi connectivity index (χ2n) is 2.63. The Morgan fingerprint density at radius 1 is 1.50 bits per heavy atom. The topological polar surface area (TPSA) is 49.7 Å². The highest BCUT2D eigenvalue weighted by Gasteiger charge is 2.29. The highest BCUT2D eigenvalue weighted by molar-refractivity contribution is 6.61. The molecule has 0 radical (unpaired) electrons. The van der Waals surface area contributed by atoms with Gasteiger partial charge in [-0.15, -0.1) is 0 Å². The summed E-state index contributed by atoms with van der Waals surface area (Å²) < 4.78 is 4.90. The maximum absolute atomic E-state index is 9.41. The van der Waals surface area contributed by atoms with Gasteiger partial charge in [-0.1, -0.05) is 17.7 Å². The molecular weight excluding hydrogens is 178 g/mol. The number of hydrogen-bond donors (Lipinski definition) is 2. The Bertz CT molecular complexity index is 329. The van der Waals surface area contributed by atoms with E-state index in [1.54, 1.807) is 6.07 Å². The molecule has 1 heterocycles. The van der Waals surface area contributed by atoms with Gasteiger partial charge in [0, 0.05) is 5.56 Å². The molecule has 2 N–H and O–H groups in total. The second-order valence-corrected chi connectivity index (χ2v) is 3.03. The zero-order valence-electron chi connectivity index (χ0n) is 6.12. The molecule has 1 aromatic carbocycles. The predicted octanol–water partition coefficient (Wildman–Crippen LogP) is 0.263.